The number of rotatable bonds is 3. The number of hydrogen-bond acceptors (Lipinski definition) is 3. The fourth-order valence-corrected chi connectivity index (χ4v) is 2.38. The van der Waals surface area contributed by atoms with E-state index >= 15 is 0 Å². The van der Waals surface area contributed by atoms with Gasteiger partial charge in [0.15, 0.2) is 0 Å². The van der Waals surface area contributed by atoms with Crippen molar-refractivity contribution in [3.63, 3.8) is 0 Å². The summed E-state index contributed by atoms with van der Waals surface area (Å²) in [6.45, 7) is 7.75. The monoisotopic (exact) mass is 222 g/mol. The van der Waals surface area contributed by atoms with Gasteiger partial charge in [0.2, 0.25) is 0 Å². The van der Waals surface area contributed by atoms with E-state index in [1.807, 2.05) is 12.5 Å². The zero-order chi connectivity index (χ0) is 11.7. The maximum Gasteiger partial charge on any atom is 0.0952 e. The van der Waals surface area contributed by atoms with Crippen molar-refractivity contribution in [3.8, 4) is 0 Å². The van der Waals surface area contributed by atoms with E-state index in [0.29, 0.717) is 12.1 Å². The van der Waals surface area contributed by atoms with Crippen LogP contribution in [0.25, 0.3) is 0 Å². The maximum atomic E-state index is 4.27. The first-order valence-electron chi connectivity index (χ1n) is 5.97. The molecule has 1 atom stereocenters. The molecule has 0 aromatic carbocycles. The first-order chi connectivity index (χ1) is 7.58. The van der Waals surface area contributed by atoms with Crippen LogP contribution < -0.4 is 0 Å². The van der Waals surface area contributed by atoms with E-state index in [4.69, 9.17) is 0 Å². The van der Waals surface area contributed by atoms with Crippen molar-refractivity contribution in [2.45, 2.75) is 32.5 Å². The van der Waals surface area contributed by atoms with Crippen molar-refractivity contribution in [1.82, 2.24) is 19.4 Å². The quantitative estimate of drug-likeness (QED) is 0.768. The van der Waals surface area contributed by atoms with Gasteiger partial charge in [0.1, 0.15) is 0 Å². The highest BCUT2D eigenvalue weighted by molar-refractivity contribution is 5.05. The minimum Gasteiger partial charge on any atom is -0.328 e. The molecule has 2 heterocycles. The van der Waals surface area contributed by atoms with Crippen LogP contribution in [0, 0.1) is 0 Å². The Kier molecular flexibility index (Phi) is 3.30. The number of likely N-dealkylation sites (N-methyl/N-ethyl adjacent to an activating group) is 1. The second-order valence-corrected chi connectivity index (χ2v) is 5.23. The van der Waals surface area contributed by atoms with Crippen LogP contribution in [0.5, 0.6) is 0 Å². The highest BCUT2D eigenvalue weighted by Gasteiger charge is 2.26. The third kappa shape index (κ3) is 2.28. The first-order valence-corrected chi connectivity index (χ1v) is 5.97. The van der Waals surface area contributed by atoms with Gasteiger partial charge < -0.3 is 9.47 Å². The van der Waals surface area contributed by atoms with Gasteiger partial charge in [-0.1, -0.05) is 0 Å². The van der Waals surface area contributed by atoms with Crippen LogP contribution >= 0.6 is 0 Å². The van der Waals surface area contributed by atoms with E-state index in [-0.39, 0.29) is 0 Å². The summed E-state index contributed by atoms with van der Waals surface area (Å²) in [5, 5.41) is 0. The van der Waals surface area contributed by atoms with Gasteiger partial charge in [-0.3, -0.25) is 4.90 Å². The third-order valence-electron chi connectivity index (χ3n) is 3.26. The minimum atomic E-state index is 0.531. The van der Waals surface area contributed by atoms with E-state index < -0.39 is 0 Å². The second-order valence-electron chi connectivity index (χ2n) is 5.23. The molecule has 0 amide bonds. The molecule has 90 valence electrons. The molecule has 0 bridgehead atoms. The van der Waals surface area contributed by atoms with Gasteiger partial charge in [0, 0.05) is 31.9 Å². The number of imidazole rings is 1. The summed E-state index contributed by atoms with van der Waals surface area (Å²) in [6.07, 6.45) is 3.97. The number of nitrogens with zero attached hydrogens (tertiary/aromatic N) is 4. The van der Waals surface area contributed by atoms with Gasteiger partial charge in [-0.2, -0.15) is 0 Å². The maximum absolute atomic E-state index is 4.27. The van der Waals surface area contributed by atoms with Crippen molar-refractivity contribution in [3.05, 3.63) is 18.2 Å². The molecule has 1 aromatic rings. The predicted molar refractivity (Wildman–Crippen MR) is 65.4 cm³/mol. The van der Waals surface area contributed by atoms with Crippen LogP contribution in [0.15, 0.2) is 12.5 Å². The molecule has 0 N–H and O–H groups in total. The Hall–Kier alpha value is -0.870. The number of hydrogen-bond donors (Lipinski definition) is 0. The summed E-state index contributed by atoms with van der Waals surface area (Å²) in [5.74, 6) is 0. The molecule has 0 radical (unpaired) electrons. The molecule has 0 spiro atoms. The van der Waals surface area contributed by atoms with Gasteiger partial charge in [-0.15, -0.1) is 0 Å². The molecule has 1 aliphatic heterocycles. The van der Waals surface area contributed by atoms with Crippen LogP contribution in [-0.4, -0.2) is 52.6 Å². The number of fused-ring (bicyclic) bond motifs is 1. The molecule has 0 saturated heterocycles. The van der Waals surface area contributed by atoms with Gasteiger partial charge in [-0.05, 0) is 27.9 Å². The van der Waals surface area contributed by atoms with Crippen molar-refractivity contribution < 1.29 is 0 Å². The molecule has 0 fully saturated rings. The molecule has 1 aliphatic rings. The van der Waals surface area contributed by atoms with Crippen molar-refractivity contribution in [2.24, 2.45) is 0 Å². The molecular formula is C12H22N4. The summed E-state index contributed by atoms with van der Waals surface area (Å²) < 4.78 is 2.33. The fraction of sp³-hybridized carbons (Fsp3) is 0.750. The minimum absolute atomic E-state index is 0.531. The summed E-state index contributed by atoms with van der Waals surface area (Å²) in [6, 6.07) is 1.14. The lowest BCUT2D eigenvalue weighted by molar-refractivity contribution is 0.132. The van der Waals surface area contributed by atoms with E-state index in [2.05, 4.69) is 47.3 Å². The Labute approximate surface area is 97.9 Å². The van der Waals surface area contributed by atoms with Crippen molar-refractivity contribution in [2.75, 3.05) is 27.2 Å². The molecule has 4 nitrogen and oxygen atoms in total. The Morgan fingerprint density at radius 1 is 1.50 bits per heavy atom. The van der Waals surface area contributed by atoms with E-state index in [9.17, 15) is 0 Å². The summed E-state index contributed by atoms with van der Waals surface area (Å²) in [5.41, 5.74) is 1.34. The van der Waals surface area contributed by atoms with E-state index in [0.717, 1.165) is 19.6 Å². The predicted octanol–water partition coefficient (Wildman–Crippen LogP) is 1.21. The van der Waals surface area contributed by atoms with Crippen LogP contribution in [0.4, 0.5) is 0 Å². The molecule has 0 unspecified atom stereocenters. The van der Waals surface area contributed by atoms with Gasteiger partial charge in [0.05, 0.1) is 18.1 Å². The highest BCUT2D eigenvalue weighted by Crippen LogP contribution is 2.22. The first kappa shape index (κ1) is 11.6. The standard InChI is InChI=1S/C12H22N4/c1-10(2)15-7-11-5-13-9-16(11)12(8-15)6-14(3)4/h5,9-10,12H,6-8H2,1-4H3/t12-/m1/s1. The Bertz CT molecular complexity index is 343. The fourth-order valence-electron chi connectivity index (χ4n) is 2.38. The zero-order valence-corrected chi connectivity index (χ0v) is 10.7. The SMILES string of the molecule is CC(C)N1Cc2cncn2[C@H](CN(C)C)C1. The molecule has 0 aliphatic carbocycles. The zero-order valence-electron chi connectivity index (χ0n) is 10.7. The van der Waals surface area contributed by atoms with E-state index in [1.165, 1.54) is 5.69 Å². The molecule has 0 saturated carbocycles. The highest BCUT2D eigenvalue weighted by atomic mass is 15.3. The summed E-state index contributed by atoms with van der Waals surface area (Å²) in [7, 11) is 4.26. The Morgan fingerprint density at radius 2 is 2.25 bits per heavy atom. The van der Waals surface area contributed by atoms with Crippen molar-refractivity contribution >= 4 is 0 Å². The molecule has 16 heavy (non-hydrogen) atoms. The lowest BCUT2D eigenvalue weighted by Gasteiger charge is -2.37. The van der Waals surface area contributed by atoms with Crippen molar-refractivity contribution in [1.29, 1.82) is 0 Å². The third-order valence-corrected chi connectivity index (χ3v) is 3.26. The van der Waals surface area contributed by atoms with Crippen LogP contribution in [-0.2, 0) is 6.54 Å². The van der Waals surface area contributed by atoms with Gasteiger partial charge in [-0.25, -0.2) is 4.98 Å². The second kappa shape index (κ2) is 4.55. The number of aromatic nitrogens is 2. The average molecular weight is 222 g/mol. The lowest BCUT2D eigenvalue weighted by Crippen LogP contribution is -2.43. The molecule has 2 rings (SSSR count). The summed E-state index contributed by atoms with van der Waals surface area (Å²) in [4.78, 5) is 9.04. The van der Waals surface area contributed by atoms with Crippen LogP contribution in [0.1, 0.15) is 25.6 Å². The average Bonchev–Trinajstić information content (AvgIpc) is 2.64. The molecule has 1 aromatic heterocycles. The Morgan fingerprint density at radius 3 is 2.88 bits per heavy atom. The lowest BCUT2D eigenvalue weighted by atomic mass is 10.1. The van der Waals surface area contributed by atoms with Crippen LogP contribution in [0.2, 0.25) is 0 Å². The van der Waals surface area contributed by atoms with Gasteiger partial charge >= 0.3 is 0 Å². The van der Waals surface area contributed by atoms with E-state index in [1.54, 1.807) is 0 Å². The van der Waals surface area contributed by atoms with Gasteiger partial charge in [0.25, 0.3) is 0 Å². The Balaban J connectivity index is 2.19. The smallest absolute Gasteiger partial charge is 0.0952 e. The van der Waals surface area contributed by atoms with Crippen LogP contribution in [0.3, 0.4) is 0 Å². The summed E-state index contributed by atoms with van der Waals surface area (Å²) >= 11 is 0. The normalized spacial score (nSPS) is 21.8. The topological polar surface area (TPSA) is 24.3 Å². The largest absolute Gasteiger partial charge is 0.328 e. The molecule has 4 heteroatoms. The molecular weight excluding hydrogens is 200 g/mol.